The van der Waals surface area contributed by atoms with E-state index in [1.807, 2.05) is 0 Å². The fourth-order valence-corrected chi connectivity index (χ4v) is 3.23. The number of nitrogens with zero attached hydrogens (tertiary/aromatic N) is 1. The number of amides is 1. The highest BCUT2D eigenvalue weighted by molar-refractivity contribution is 7.89. The van der Waals surface area contributed by atoms with Crippen LogP contribution < -0.4 is 14.8 Å². The molecule has 0 bridgehead atoms. The van der Waals surface area contributed by atoms with Crippen molar-refractivity contribution in [2.24, 2.45) is 0 Å². The fourth-order valence-electron chi connectivity index (χ4n) is 2.28. The van der Waals surface area contributed by atoms with Crippen molar-refractivity contribution in [3.05, 3.63) is 54.1 Å². The number of carbonyl (C=O) groups is 1. The SMILES string of the molecule is COc1cc(/C=C/C(=O)Nc2cccc(S(=O)(=O)N(C)C)c2)ccc1OC(F)F. The second-order valence-electron chi connectivity index (χ2n) is 5.93. The third-order valence-electron chi connectivity index (χ3n) is 3.71. The minimum absolute atomic E-state index is 0.0450. The van der Waals surface area contributed by atoms with Crippen LogP contribution in [0.3, 0.4) is 0 Å². The van der Waals surface area contributed by atoms with Crippen LogP contribution in [-0.2, 0) is 14.8 Å². The molecule has 0 unspecified atom stereocenters. The maximum Gasteiger partial charge on any atom is 0.387 e. The summed E-state index contributed by atoms with van der Waals surface area (Å²) in [4.78, 5) is 12.2. The lowest BCUT2D eigenvalue weighted by Gasteiger charge is -2.12. The highest BCUT2D eigenvalue weighted by Gasteiger charge is 2.17. The van der Waals surface area contributed by atoms with Crippen LogP contribution in [0.1, 0.15) is 5.56 Å². The van der Waals surface area contributed by atoms with Gasteiger partial charge in [0.15, 0.2) is 11.5 Å². The van der Waals surface area contributed by atoms with Crippen LogP contribution in [0.2, 0.25) is 0 Å². The number of alkyl halides is 2. The van der Waals surface area contributed by atoms with Gasteiger partial charge in [0.25, 0.3) is 0 Å². The molecule has 0 radical (unpaired) electrons. The van der Waals surface area contributed by atoms with Crippen LogP contribution >= 0.6 is 0 Å². The molecule has 0 aliphatic rings. The smallest absolute Gasteiger partial charge is 0.387 e. The van der Waals surface area contributed by atoms with E-state index in [1.165, 1.54) is 69.8 Å². The number of anilines is 1. The van der Waals surface area contributed by atoms with Crippen molar-refractivity contribution in [3.63, 3.8) is 0 Å². The molecule has 1 N–H and O–H groups in total. The number of methoxy groups -OCH3 is 1. The van der Waals surface area contributed by atoms with Gasteiger partial charge in [0.2, 0.25) is 15.9 Å². The summed E-state index contributed by atoms with van der Waals surface area (Å²) in [5.41, 5.74) is 0.823. The van der Waals surface area contributed by atoms with Crippen molar-refractivity contribution < 1.29 is 31.5 Å². The van der Waals surface area contributed by atoms with Crippen molar-refractivity contribution >= 4 is 27.7 Å². The Balaban J connectivity index is 2.12. The Morgan fingerprint density at radius 1 is 1.14 bits per heavy atom. The fraction of sp³-hybridized carbons (Fsp3) is 0.211. The molecule has 0 aromatic heterocycles. The number of hydrogen-bond acceptors (Lipinski definition) is 5. The van der Waals surface area contributed by atoms with E-state index in [0.717, 1.165) is 4.31 Å². The van der Waals surface area contributed by atoms with E-state index in [-0.39, 0.29) is 16.4 Å². The molecule has 0 aliphatic heterocycles. The Hall–Kier alpha value is -2.98. The molecule has 0 spiro atoms. The quantitative estimate of drug-likeness (QED) is 0.656. The number of nitrogens with one attached hydrogen (secondary N) is 1. The standard InChI is InChI=1S/C19H20F2N2O5S/c1-23(2)29(25,26)15-6-4-5-14(12-15)22-18(24)10-8-13-7-9-16(28-19(20)21)17(11-13)27-3/h4-12,19H,1-3H3,(H,22,24)/b10-8+. The first kappa shape index (κ1) is 22.3. The molecule has 7 nitrogen and oxygen atoms in total. The van der Waals surface area contributed by atoms with Gasteiger partial charge in [-0.3, -0.25) is 4.79 Å². The summed E-state index contributed by atoms with van der Waals surface area (Å²) in [6, 6.07) is 10.1. The topological polar surface area (TPSA) is 84.9 Å². The molecule has 0 heterocycles. The number of hydrogen-bond donors (Lipinski definition) is 1. The minimum atomic E-state index is -3.63. The van der Waals surface area contributed by atoms with Gasteiger partial charge in [0.1, 0.15) is 0 Å². The normalized spacial score (nSPS) is 11.8. The average molecular weight is 426 g/mol. The second-order valence-corrected chi connectivity index (χ2v) is 8.08. The van der Waals surface area contributed by atoms with E-state index in [0.29, 0.717) is 11.3 Å². The lowest BCUT2D eigenvalue weighted by atomic mass is 10.2. The highest BCUT2D eigenvalue weighted by atomic mass is 32.2. The summed E-state index contributed by atoms with van der Waals surface area (Å²) >= 11 is 0. The zero-order valence-electron chi connectivity index (χ0n) is 15.9. The molecular weight excluding hydrogens is 406 g/mol. The number of rotatable bonds is 8. The van der Waals surface area contributed by atoms with Crippen LogP contribution in [0, 0.1) is 0 Å². The summed E-state index contributed by atoms with van der Waals surface area (Å²) in [5, 5.41) is 2.57. The lowest BCUT2D eigenvalue weighted by Crippen LogP contribution is -2.22. The van der Waals surface area contributed by atoms with E-state index >= 15 is 0 Å². The first-order valence-corrected chi connectivity index (χ1v) is 9.72. The molecule has 0 saturated heterocycles. The lowest BCUT2D eigenvalue weighted by molar-refractivity contribution is -0.111. The van der Waals surface area contributed by atoms with Gasteiger partial charge >= 0.3 is 6.61 Å². The first-order chi connectivity index (χ1) is 13.6. The Morgan fingerprint density at radius 3 is 2.48 bits per heavy atom. The van der Waals surface area contributed by atoms with Crippen LogP contribution in [-0.4, -0.2) is 46.4 Å². The molecule has 10 heteroatoms. The van der Waals surface area contributed by atoms with Crippen LogP contribution in [0.5, 0.6) is 11.5 Å². The van der Waals surface area contributed by atoms with E-state index in [4.69, 9.17) is 4.74 Å². The molecule has 0 aliphatic carbocycles. The minimum Gasteiger partial charge on any atom is -0.493 e. The van der Waals surface area contributed by atoms with Crippen molar-refractivity contribution in [1.29, 1.82) is 0 Å². The van der Waals surface area contributed by atoms with Gasteiger partial charge in [-0.05, 0) is 42.0 Å². The van der Waals surface area contributed by atoms with Gasteiger partial charge in [-0.25, -0.2) is 12.7 Å². The predicted molar refractivity (Wildman–Crippen MR) is 105 cm³/mol. The summed E-state index contributed by atoms with van der Waals surface area (Å²) < 4.78 is 59.5. The van der Waals surface area contributed by atoms with Gasteiger partial charge < -0.3 is 14.8 Å². The first-order valence-electron chi connectivity index (χ1n) is 8.28. The number of benzene rings is 2. The maximum atomic E-state index is 12.4. The van der Waals surface area contributed by atoms with Crippen LogP contribution in [0.4, 0.5) is 14.5 Å². The molecular formula is C19H20F2N2O5S. The van der Waals surface area contributed by atoms with Crippen molar-refractivity contribution in [3.8, 4) is 11.5 Å². The zero-order chi connectivity index (χ0) is 21.6. The summed E-state index contributed by atoms with van der Waals surface area (Å²) in [5.74, 6) is -0.534. The van der Waals surface area contributed by atoms with Crippen molar-refractivity contribution in [1.82, 2.24) is 4.31 Å². The maximum absolute atomic E-state index is 12.4. The van der Waals surface area contributed by atoms with Crippen molar-refractivity contribution in [2.75, 3.05) is 26.5 Å². The third-order valence-corrected chi connectivity index (χ3v) is 5.52. The van der Waals surface area contributed by atoms with Crippen LogP contribution in [0.15, 0.2) is 53.4 Å². The Bertz CT molecular complexity index is 1010. The predicted octanol–water partition coefficient (Wildman–Crippen LogP) is 3.20. The van der Waals surface area contributed by atoms with Crippen molar-refractivity contribution in [2.45, 2.75) is 11.5 Å². The highest BCUT2D eigenvalue weighted by Crippen LogP contribution is 2.29. The van der Waals surface area contributed by atoms with Gasteiger partial charge in [-0.2, -0.15) is 8.78 Å². The molecule has 0 fully saturated rings. The Morgan fingerprint density at radius 2 is 1.86 bits per heavy atom. The van der Waals surface area contributed by atoms with E-state index in [9.17, 15) is 22.0 Å². The molecule has 0 saturated carbocycles. The summed E-state index contributed by atoms with van der Waals surface area (Å²) in [6.45, 7) is -2.98. The van der Waals surface area contributed by atoms with E-state index < -0.39 is 22.5 Å². The Kier molecular flexibility index (Phi) is 7.29. The van der Waals surface area contributed by atoms with Gasteiger partial charge in [0, 0.05) is 25.9 Å². The van der Waals surface area contributed by atoms with E-state index in [1.54, 1.807) is 6.07 Å². The molecule has 2 aromatic rings. The number of ether oxygens (including phenoxy) is 2. The van der Waals surface area contributed by atoms with Crippen LogP contribution in [0.25, 0.3) is 6.08 Å². The molecule has 29 heavy (non-hydrogen) atoms. The molecule has 2 rings (SSSR count). The number of halogens is 2. The third kappa shape index (κ3) is 6.00. The average Bonchev–Trinajstić information content (AvgIpc) is 2.66. The summed E-state index contributed by atoms with van der Waals surface area (Å²) in [7, 11) is 0.506. The number of carbonyl (C=O) groups excluding carboxylic acids is 1. The van der Waals surface area contributed by atoms with Gasteiger partial charge in [0.05, 0.1) is 12.0 Å². The Labute approximate surface area is 167 Å². The molecule has 0 atom stereocenters. The molecule has 2 aromatic carbocycles. The second kappa shape index (κ2) is 9.48. The van der Waals surface area contributed by atoms with E-state index in [2.05, 4.69) is 10.1 Å². The van der Waals surface area contributed by atoms with Gasteiger partial charge in [-0.1, -0.05) is 12.1 Å². The summed E-state index contributed by atoms with van der Waals surface area (Å²) in [6.07, 6.45) is 2.67. The molecule has 156 valence electrons. The molecule has 1 amide bonds. The largest absolute Gasteiger partial charge is 0.493 e. The zero-order valence-corrected chi connectivity index (χ0v) is 16.7. The monoisotopic (exact) mass is 426 g/mol. The van der Waals surface area contributed by atoms with Gasteiger partial charge in [-0.15, -0.1) is 0 Å². The number of sulfonamides is 1.